The summed E-state index contributed by atoms with van der Waals surface area (Å²) in [6, 6.07) is 0. The molecule has 0 aromatic rings. The molecule has 0 aliphatic carbocycles. The van der Waals surface area contributed by atoms with Crippen LogP contribution in [0.4, 0.5) is 4.79 Å². The molecule has 1 atom stereocenters. The maximum Gasteiger partial charge on any atom is 0.508 e. The zero-order chi connectivity index (χ0) is 25.3. The molecule has 0 bridgehead atoms. The van der Waals surface area contributed by atoms with Gasteiger partial charge in [-0.05, 0) is 52.1 Å². The van der Waals surface area contributed by atoms with E-state index in [0.717, 1.165) is 38.6 Å². The van der Waals surface area contributed by atoms with Gasteiger partial charge in [0.15, 0.2) is 0 Å². The lowest BCUT2D eigenvalue weighted by molar-refractivity contribution is 0.00897. The van der Waals surface area contributed by atoms with Gasteiger partial charge in [-0.2, -0.15) is 0 Å². The first-order valence-electron chi connectivity index (χ1n) is 14.6. The molecule has 0 fully saturated rings. The number of unbranched alkanes of at least 4 members (excludes halogenated alkanes) is 11. The summed E-state index contributed by atoms with van der Waals surface area (Å²) in [5.41, 5.74) is 0. The molecule has 204 valence electrons. The van der Waals surface area contributed by atoms with Gasteiger partial charge in [-0.25, -0.2) is 4.79 Å². The summed E-state index contributed by atoms with van der Waals surface area (Å²) in [6.45, 7) is 6.02. The van der Waals surface area contributed by atoms with Crippen molar-refractivity contribution in [2.45, 2.75) is 142 Å². The van der Waals surface area contributed by atoms with Crippen LogP contribution in [0.3, 0.4) is 0 Å². The topological polar surface area (TPSA) is 59.0 Å². The van der Waals surface area contributed by atoms with Crippen LogP contribution in [-0.2, 0) is 9.47 Å². The predicted molar refractivity (Wildman–Crippen MR) is 144 cm³/mol. The Hall–Kier alpha value is -0.810. The summed E-state index contributed by atoms with van der Waals surface area (Å²) in [4.78, 5) is 14.4. The third-order valence-corrected chi connectivity index (χ3v) is 6.69. The van der Waals surface area contributed by atoms with Crippen LogP contribution in [-0.4, -0.2) is 56.1 Å². The molecule has 0 saturated heterocycles. The first kappa shape index (κ1) is 33.2. The van der Waals surface area contributed by atoms with Gasteiger partial charge in [0.05, 0.1) is 6.61 Å². The lowest BCUT2D eigenvalue weighted by Gasteiger charge is -2.24. The highest BCUT2D eigenvalue weighted by Gasteiger charge is 2.21. The first-order valence-corrected chi connectivity index (χ1v) is 14.6. The average molecular weight is 486 g/mol. The molecule has 0 spiro atoms. The van der Waals surface area contributed by atoms with E-state index >= 15 is 0 Å². The third-order valence-electron chi connectivity index (χ3n) is 6.69. The molecule has 1 N–H and O–H groups in total. The SMILES string of the molecule is CCCCCCCCC(CCCCCCCC)C[C@@H](CCCCO)OC(=O)OCCCN(C)C. The monoisotopic (exact) mass is 485 g/mol. The second-order valence-electron chi connectivity index (χ2n) is 10.4. The molecule has 0 aliphatic rings. The fraction of sp³-hybridized carbons (Fsp3) is 0.966. The van der Waals surface area contributed by atoms with Crippen molar-refractivity contribution in [1.82, 2.24) is 4.90 Å². The van der Waals surface area contributed by atoms with Crippen LogP contribution in [0.1, 0.15) is 136 Å². The molecule has 0 aromatic heterocycles. The van der Waals surface area contributed by atoms with E-state index in [2.05, 4.69) is 18.7 Å². The highest BCUT2D eigenvalue weighted by Crippen LogP contribution is 2.26. The number of hydrogen-bond acceptors (Lipinski definition) is 5. The fourth-order valence-electron chi connectivity index (χ4n) is 4.59. The number of carbonyl (C=O) groups is 1. The van der Waals surface area contributed by atoms with Gasteiger partial charge in [-0.1, -0.05) is 104 Å². The van der Waals surface area contributed by atoms with Crippen molar-refractivity contribution in [2.75, 3.05) is 33.9 Å². The van der Waals surface area contributed by atoms with Gasteiger partial charge in [0.2, 0.25) is 0 Å². The second kappa shape index (κ2) is 25.3. The van der Waals surface area contributed by atoms with E-state index in [1.807, 2.05) is 14.1 Å². The van der Waals surface area contributed by atoms with Crippen LogP contribution in [0.2, 0.25) is 0 Å². The molecule has 0 saturated carbocycles. The number of rotatable bonds is 25. The van der Waals surface area contributed by atoms with E-state index in [4.69, 9.17) is 9.47 Å². The van der Waals surface area contributed by atoms with Crippen molar-refractivity contribution in [1.29, 1.82) is 0 Å². The zero-order valence-electron chi connectivity index (χ0n) is 23.3. The van der Waals surface area contributed by atoms with Gasteiger partial charge in [-0.3, -0.25) is 0 Å². The summed E-state index contributed by atoms with van der Waals surface area (Å²) in [6.07, 6.45) is 21.9. The quantitative estimate of drug-likeness (QED) is 0.104. The Kier molecular flexibility index (Phi) is 24.7. The van der Waals surface area contributed by atoms with E-state index in [-0.39, 0.29) is 12.7 Å². The molecule has 5 heteroatoms. The summed E-state index contributed by atoms with van der Waals surface area (Å²) in [5.74, 6) is 0.609. The molecule has 0 aliphatic heterocycles. The van der Waals surface area contributed by atoms with Crippen LogP contribution >= 0.6 is 0 Å². The minimum Gasteiger partial charge on any atom is -0.434 e. The molecule has 34 heavy (non-hydrogen) atoms. The Morgan fingerprint density at radius 2 is 1.26 bits per heavy atom. The van der Waals surface area contributed by atoms with Crippen molar-refractivity contribution >= 4 is 6.16 Å². The van der Waals surface area contributed by atoms with E-state index in [1.54, 1.807) is 0 Å². The second-order valence-corrected chi connectivity index (χ2v) is 10.4. The standard InChI is InChI=1S/C29H59NO4/c1-5-7-9-11-13-15-20-27(21-16-14-12-10-8-6-2)26-28(22-17-18-24-31)34-29(32)33-25-19-23-30(3)4/h27-28,31H,5-26H2,1-4H3/t28-/m1/s1. The fourth-order valence-corrected chi connectivity index (χ4v) is 4.59. The molecule has 5 nitrogen and oxygen atoms in total. The molecule has 0 amide bonds. The molecule has 0 heterocycles. The van der Waals surface area contributed by atoms with E-state index in [0.29, 0.717) is 12.5 Å². The normalized spacial score (nSPS) is 12.4. The molecule has 0 rings (SSSR count). The Morgan fingerprint density at radius 1 is 0.735 bits per heavy atom. The maximum atomic E-state index is 12.3. The molecule has 0 aromatic carbocycles. The summed E-state index contributed by atoms with van der Waals surface area (Å²) in [5, 5.41) is 9.20. The van der Waals surface area contributed by atoms with Crippen molar-refractivity contribution in [3.05, 3.63) is 0 Å². The lowest BCUT2D eigenvalue weighted by Crippen LogP contribution is -2.23. The number of nitrogens with zero attached hydrogens (tertiary/aromatic N) is 1. The van der Waals surface area contributed by atoms with Crippen LogP contribution in [0, 0.1) is 5.92 Å². The average Bonchev–Trinajstić information content (AvgIpc) is 2.81. The Bertz CT molecular complexity index is 414. The Morgan fingerprint density at radius 3 is 1.79 bits per heavy atom. The Balaban J connectivity index is 4.67. The van der Waals surface area contributed by atoms with Gasteiger partial charge in [0.25, 0.3) is 0 Å². The van der Waals surface area contributed by atoms with Crippen molar-refractivity contribution in [3.63, 3.8) is 0 Å². The summed E-state index contributed by atoms with van der Waals surface area (Å²) in [7, 11) is 4.03. The lowest BCUT2D eigenvalue weighted by atomic mass is 9.88. The van der Waals surface area contributed by atoms with Gasteiger partial charge in [0, 0.05) is 13.2 Å². The Labute approximate surface area is 212 Å². The third kappa shape index (κ3) is 23.0. The minimum atomic E-state index is -0.523. The van der Waals surface area contributed by atoms with Crippen LogP contribution < -0.4 is 0 Å². The van der Waals surface area contributed by atoms with E-state index in [9.17, 15) is 9.90 Å². The van der Waals surface area contributed by atoms with Gasteiger partial charge < -0.3 is 19.5 Å². The summed E-state index contributed by atoms with van der Waals surface area (Å²) >= 11 is 0. The van der Waals surface area contributed by atoms with Crippen LogP contribution in [0.25, 0.3) is 0 Å². The number of aliphatic hydroxyl groups is 1. The first-order chi connectivity index (χ1) is 16.5. The van der Waals surface area contributed by atoms with Crippen LogP contribution in [0.15, 0.2) is 0 Å². The number of aliphatic hydroxyl groups excluding tert-OH is 1. The maximum absolute atomic E-state index is 12.3. The van der Waals surface area contributed by atoms with Crippen molar-refractivity contribution in [3.8, 4) is 0 Å². The van der Waals surface area contributed by atoms with Crippen molar-refractivity contribution in [2.24, 2.45) is 5.92 Å². The number of ether oxygens (including phenoxy) is 2. The summed E-state index contributed by atoms with van der Waals surface area (Å²) < 4.78 is 11.1. The van der Waals surface area contributed by atoms with Crippen LogP contribution in [0.5, 0.6) is 0 Å². The van der Waals surface area contributed by atoms with E-state index in [1.165, 1.54) is 89.9 Å². The molecule has 0 unspecified atom stereocenters. The largest absolute Gasteiger partial charge is 0.508 e. The number of carbonyl (C=O) groups excluding carboxylic acids is 1. The highest BCUT2D eigenvalue weighted by molar-refractivity contribution is 5.60. The van der Waals surface area contributed by atoms with E-state index < -0.39 is 6.16 Å². The zero-order valence-corrected chi connectivity index (χ0v) is 23.3. The van der Waals surface area contributed by atoms with Gasteiger partial charge in [-0.15, -0.1) is 0 Å². The van der Waals surface area contributed by atoms with Gasteiger partial charge in [0.1, 0.15) is 6.10 Å². The highest BCUT2D eigenvalue weighted by atomic mass is 16.7. The molecular weight excluding hydrogens is 426 g/mol. The minimum absolute atomic E-state index is 0.0990. The predicted octanol–water partition coefficient (Wildman–Crippen LogP) is 8.13. The number of hydrogen-bond donors (Lipinski definition) is 1. The molecular formula is C29H59NO4. The smallest absolute Gasteiger partial charge is 0.434 e. The van der Waals surface area contributed by atoms with Crippen molar-refractivity contribution < 1.29 is 19.4 Å². The molecule has 0 radical (unpaired) electrons. The van der Waals surface area contributed by atoms with Gasteiger partial charge >= 0.3 is 6.16 Å².